The lowest BCUT2D eigenvalue weighted by Gasteiger charge is -2.47. The zero-order chi connectivity index (χ0) is 20.8. The molecule has 1 unspecified atom stereocenters. The minimum atomic E-state index is 0.317. The van der Waals surface area contributed by atoms with E-state index in [0.29, 0.717) is 18.7 Å². The molecule has 1 saturated carbocycles. The molecule has 0 amide bonds. The highest BCUT2D eigenvalue weighted by Gasteiger charge is 2.31. The molecule has 1 aliphatic carbocycles. The lowest BCUT2D eigenvalue weighted by molar-refractivity contribution is 0.0154. The van der Waals surface area contributed by atoms with Gasteiger partial charge in [-0.2, -0.15) is 0 Å². The summed E-state index contributed by atoms with van der Waals surface area (Å²) in [6.07, 6.45) is 5.10. The number of hydrogen-bond acceptors (Lipinski definition) is 5. The van der Waals surface area contributed by atoms with Gasteiger partial charge in [0.05, 0.1) is 19.8 Å². The first kappa shape index (κ1) is 21.2. The molecule has 0 aromatic heterocycles. The molecule has 1 aromatic carbocycles. The monoisotopic (exact) mass is 415 g/mol. The van der Waals surface area contributed by atoms with E-state index in [1.54, 1.807) is 7.11 Å². The number of nitrogens with one attached hydrogen (secondary N) is 2. The largest absolute Gasteiger partial charge is 0.497 e. The fourth-order valence-electron chi connectivity index (χ4n) is 4.73. The van der Waals surface area contributed by atoms with Crippen LogP contribution in [0.4, 0.5) is 0 Å². The molecule has 0 spiro atoms. The van der Waals surface area contributed by atoms with Crippen LogP contribution in [0.2, 0.25) is 0 Å². The molecule has 2 bridgehead atoms. The summed E-state index contributed by atoms with van der Waals surface area (Å²) in [6, 6.07) is 6.64. The second kappa shape index (κ2) is 10.4. The molecule has 1 aromatic rings. The van der Waals surface area contributed by atoms with E-state index in [1.165, 1.54) is 39.0 Å². The van der Waals surface area contributed by atoms with Crippen LogP contribution < -0.4 is 20.1 Å². The van der Waals surface area contributed by atoms with Crippen LogP contribution in [-0.4, -0.2) is 80.8 Å². The molecule has 1 atom stereocenters. The maximum atomic E-state index is 6.33. The van der Waals surface area contributed by atoms with Gasteiger partial charge in [0, 0.05) is 63.5 Å². The van der Waals surface area contributed by atoms with Crippen LogP contribution in [0.15, 0.2) is 23.2 Å². The molecule has 7 heteroatoms. The quantitative estimate of drug-likeness (QED) is 0.501. The first-order valence-corrected chi connectivity index (χ1v) is 11.6. The third kappa shape index (κ3) is 5.38. The van der Waals surface area contributed by atoms with Crippen molar-refractivity contribution in [2.24, 2.45) is 4.99 Å². The van der Waals surface area contributed by atoms with E-state index in [2.05, 4.69) is 33.4 Å². The van der Waals surface area contributed by atoms with Gasteiger partial charge >= 0.3 is 0 Å². The van der Waals surface area contributed by atoms with Crippen molar-refractivity contribution < 1.29 is 9.47 Å². The second-order valence-corrected chi connectivity index (χ2v) is 8.56. The highest BCUT2D eigenvalue weighted by Crippen LogP contribution is 2.30. The van der Waals surface area contributed by atoms with Crippen molar-refractivity contribution in [2.45, 2.75) is 51.3 Å². The Morgan fingerprint density at radius 1 is 1.13 bits per heavy atom. The smallest absolute Gasteiger partial charge is 0.191 e. The summed E-state index contributed by atoms with van der Waals surface area (Å²) in [7, 11) is 1.70. The molecule has 0 radical (unpaired) electrons. The van der Waals surface area contributed by atoms with Gasteiger partial charge in [-0.3, -0.25) is 9.80 Å². The van der Waals surface area contributed by atoms with E-state index in [-0.39, 0.29) is 0 Å². The minimum Gasteiger partial charge on any atom is -0.497 e. The van der Waals surface area contributed by atoms with Gasteiger partial charge in [-0.1, -0.05) is 0 Å². The van der Waals surface area contributed by atoms with Crippen molar-refractivity contribution >= 4 is 5.96 Å². The predicted molar refractivity (Wildman–Crippen MR) is 120 cm³/mol. The van der Waals surface area contributed by atoms with Crippen LogP contribution in [-0.2, 0) is 6.54 Å². The van der Waals surface area contributed by atoms with Gasteiger partial charge in [-0.05, 0) is 44.7 Å². The Morgan fingerprint density at radius 3 is 2.60 bits per heavy atom. The molecule has 3 heterocycles. The number of methoxy groups -OCH3 is 1. The van der Waals surface area contributed by atoms with Gasteiger partial charge in [0.1, 0.15) is 11.5 Å². The Hall–Kier alpha value is -1.99. The Balaban J connectivity index is 1.40. The lowest BCUT2D eigenvalue weighted by Crippen LogP contribution is -2.63. The number of benzene rings is 1. The standard InChI is InChI=1S/C23H37N5O2/c1-3-24-23(26-16-19-17-27-10-12-28(19)13-11-27)25-15-18-8-9-21(29-2)14-22(18)30-20-6-4-5-7-20/h8-9,14,19-20H,3-7,10-13,15-17H2,1-2H3,(H2,24,25,26). The Morgan fingerprint density at radius 2 is 1.93 bits per heavy atom. The number of piperazine rings is 3. The minimum absolute atomic E-state index is 0.317. The van der Waals surface area contributed by atoms with Crippen LogP contribution in [0.5, 0.6) is 11.5 Å². The molecule has 4 aliphatic rings. The first-order chi connectivity index (χ1) is 14.7. The summed E-state index contributed by atoms with van der Waals surface area (Å²) >= 11 is 0. The summed E-state index contributed by atoms with van der Waals surface area (Å²) in [4.78, 5) is 10.0. The van der Waals surface area contributed by atoms with E-state index >= 15 is 0 Å². The zero-order valence-electron chi connectivity index (χ0n) is 18.5. The van der Waals surface area contributed by atoms with Gasteiger partial charge in [-0.25, -0.2) is 4.99 Å². The molecular formula is C23H37N5O2. The maximum Gasteiger partial charge on any atom is 0.191 e. The SMILES string of the molecule is CCNC(=NCc1ccc(OC)cc1OC1CCCC1)NCC1CN2CCN1CC2. The number of hydrogen-bond donors (Lipinski definition) is 2. The van der Waals surface area contributed by atoms with Crippen LogP contribution in [0.1, 0.15) is 38.2 Å². The van der Waals surface area contributed by atoms with Crippen LogP contribution in [0, 0.1) is 0 Å². The van der Waals surface area contributed by atoms with Crippen molar-refractivity contribution in [3.8, 4) is 11.5 Å². The van der Waals surface area contributed by atoms with E-state index in [9.17, 15) is 0 Å². The Bertz CT molecular complexity index is 712. The van der Waals surface area contributed by atoms with Gasteiger partial charge in [-0.15, -0.1) is 0 Å². The lowest BCUT2D eigenvalue weighted by atomic mass is 10.1. The molecule has 2 N–H and O–H groups in total. The highest BCUT2D eigenvalue weighted by atomic mass is 16.5. The van der Waals surface area contributed by atoms with Crippen LogP contribution in [0.3, 0.4) is 0 Å². The van der Waals surface area contributed by atoms with Crippen molar-refractivity contribution in [2.75, 3.05) is 52.9 Å². The van der Waals surface area contributed by atoms with Crippen molar-refractivity contribution in [1.29, 1.82) is 0 Å². The summed E-state index contributed by atoms with van der Waals surface area (Å²) in [5, 5.41) is 6.96. The fraction of sp³-hybridized carbons (Fsp3) is 0.696. The average molecular weight is 416 g/mol. The molecule has 30 heavy (non-hydrogen) atoms. The molecule has 3 saturated heterocycles. The fourth-order valence-corrected chi connectivity index (χ4v) is 4.73. The molecular weight excluding hydrogens is 378 g/mol. The van der Waals surface area contributed by atoms with E-state index in [1.807, 2.05) is 12.1 Å². The van der Waals surface area contributed by atoms with Crippen LogP contribution >= 0.6 is 0 Å². The van der Waals surface area contributed by atoms with Crippen molar-refractivity contribution in [3.63, 3.8) is 0 Å². The summed E-state index contributed by atoms with van der Waals surface area (Å²) in [5.74, 6) is 2.61. The Labute approximate surface area is 180 Å². The third-order valence-electron chi connectivity index (χ3n) is 6.52. The topological polar surface area (TPSA) is 61.4 Å². The number of fused-ring (bicyclic) bond motifs is 3. The molecule has 3 aliphatic heterocycles. The van der Waals surface area contributed by atoms with Crippen molar-refractivity contribution in [1.82, 2.24) is 20.4 Å². The normalized spacial score (nSPS) is 26.6. The van der Waals surface area contributed by atoms with Gasteiger partial charge < -0.3 is 20.1 Å². The third-order valence-corrected chi connectivity index (χ3v) is 6.52. The van der Waals surface area contributed by atoms with E-state index in [4.69, 9.17) is 14.5 Å². The van der Waals surface area contributed by atoms with Gasteiger partial charge in [0.25, 0.3) is 0 Å². The van der Waals surface area contributed by atoms with E-state index < -0.39 is 0 Å². The summed E-state index contributed by atoms with van der Waals surface area (Å²) in [6.45, 7) is 10.4. The molecule has 7 nitrogen and oxygen atoms in total. The van der Waals surface area contributed by atoms with Gasteiger partial charge in [0.15, 0.2) is 5.96 Å². The zero-order valence-corrected chi connectivity index (χ0v) is 18.5. The summed E-state index contributed by atoms with van der Waals surface area (Å²) in [5.41, 5.74) is 1.10. The number of guanidine groups is 1. The highest BCUT2D eigenvalue weighted by molar-refractivity contribution is 5.79. The Kier molecular flexibility index (Phi) is 7.33. The summed E-state index contributed by atoms with van der Waals surface area (Å²) < 4.78 is 11.7. The number of ether oxygens (including phenoxy) is 2. The number of nitrogens with zero attached hydrogens (tertiary/aromatic N) is 3. The first-order valence-electron chi connectivity index (χ1n) is 11.6. The predicted octanol–water partition coefficient (Wildman–Crippen LogP) is 2.07. The molecule has 4 fully saturated rings. The molecule has 166 valence electrons. The number of aliphatic imine (C=N–C) groups is 1. The van der Waals surface area contributed by atoms with E-state index in [0.717, 1.165) is 55.5 Å². The second-order valence-electron chi connectivity index (χ2n) is 8.56. The number of rotatable bonds is 8. The average Bonchev–Trinajstić information content (AvgIpc) is 3.30. The van der Waals surface area contributed by atoms with Crippen LogP contribution in [0.25, 0.3) is 0 Å². The molecule has 5 rings (SSSR count). The van der Waals surface area contributed by atoms with Crippen molar-refractivity contribution in [3.05, 3.63) is 23.8 Å². The maximum absolute atomic E-state index is 6.33. The van der Waals surface area contributed by atoms with Gasteiger partial charge in [0.2, 0.25) is 0 Å².